The highest BCUT2D eigenvalue weighted by Gasteiger charge is 2.18. The molecule has 21 heavy (non-hydrogen) atoms. The largest absolute Gasteiger partial charge is 0.461 e. The van der Waals surface area contributed by atoms with Crippen LogP contribution in [-0.4, -0.2) is 26.5 Å². The minimum absolute atomic E-state index is 0.204. The molecule has 2 aromatic heterocycles. The Kier molecular flexibility index (Phi) is 3.21. The number of esters is 1. The third-order valence-corrected chi connectivity index (χ3v) is 3.37. The number of imidazole rings is 1. The van der Waals surface area contributed by atoms with E-state index in [-0.39, 0.29) is 12.3 Å². The van der Waals surface area contributed by atoms with Crippen LogP contribution in [0.5, 0.6) is 0 Å². The van der Waals surface area contributed by atoms with Gasteiger partial charge in [0.1, 0.15) is 5.69 Å². The second kappa shape index (κ2) is 5.05. The maximum Gasteiger partial charge on any atom is 0.355 e. The summed E-state index contributed by atoms with van der Waals surface area (Å²) in [6, 6.07) is 8.85. The summed E-state index contributed by atoms with van der Waals surface area (Å²) in [5, 5.41) is 0. The van der Waals surface area contributed by atoms with Crippen molar-refractivity contribution in [3.63, 3.8) is 0 Å². The first-order valence-corrected chi connectivity index (χ1v) is 6.85. The molecule has 6 heteroatoms. The molecule has 0 saturated carbocycles. The van der Waals surface area contributed by atoms with Crippen molar-refractivity contribution in [1.29, 1.82) is 0 Å². The van der Waals surface area contributed by atoms with Gasteiger partial charge in [0.2, 0.25) is 5.78 Å². The first-order chi connectivity index (χ1) is 10.2. The average Bonchev–Trinajstić information content (AvgIpc) is 2.79. The number of para-hydroxylation sites is 2. The van der Waals surface area contributed by atoms with Gasteiger partial charge in [0, 0.05) is 12.6 Å². The first-order valence-electron chi connectivity index (χ1n) is 6.85. The SMILES string of the molecule is CCOC(=O)c1cc(=O)nc2n(CC)c3ccccc3n12. The van der Waals surface area contributed by atoms with E-state index in [1.54, 1.807) is 11.3 Å². The van der Waals surface area contributed by atoms with Crippen LogP contribution in [0.3, 0.4) is 0 Å². The molecule has 0 fully saturated rings. The predicted octanol–water partition coefficient (Wildman–Crippen LogP) is 1.85. The number of nitrogens with zero attached hydrogens (tertiary/aromatic N) is 3. The van der Waals surface area contributed by atoms with E-state index >= 15 is 0 Å². The normalized spacial score (nSPS) is 11.1. The summed E-state index contributed by atoms with van der Waals surface area (Å²) in [6.07, 6.45) is 0. The number of hydrogen-bond acceptors (Lipinski definition) is 4. The summed E-state index contributed by atoms with van der Waals surface area (Å²) in [5.74, 6) is -0.0692. The second-order valence-electron chi connectivity index (χ2n) is 4.57. The summed E-state index contributed by atoms with van der Waals surface area (Å²) >= 11 is 0. The number of fused-ring (bicyclic) bond motifs is 3. The second-order valence-corrected chi connectivity index (χ2v) is 4.57. The van der Waals surface area contributed by atoms with Crippen molar-refractivity contribution >= 4 is 22.8 Å². The molecule has 0 amide bonds. The molecule has 2 heterocycles. The number of carbonyl (C=O) groups excluding carboxylic acids is 1. The van der Waals surface area contributed by atoms with Crippen molar-refractivity contribution in [2.75, 3.05) is 6.61 Å². The molecule has 0 spiro atoms. The van der Waals surface area contributed by atoms with E-state index in [1.165, 1.54) is 6.07 Å². The molecular weight excluding hydrogens is 270 g/mol. The molecule has 0 atom stereocenters. The number of hydrogen-bond donors (Lipinski definition) is 0. The molecule has 3 rings (SSSR count). The van der Waals surface area contributed by atoms with Gasteiger partial charge in [0.15, 0.2) is 0 Å². The Hall–Kier alpha value is -2.63. The van der Waals surface area contributed by atoms with Crippen LogP contribution in [0.2, 0.25) is 0 Å². The van der Waals surface area contributed by atoms with Gasteiger partial charge in [-0.2, -0.15) is 4.98 Å². The quantitative estimate of drug-likeness (QED) is 0.689. The number of carbonyl (C=O) groups is 1. The maximum atomic E-state index is 12.1. The van der Waals surface area contributed by atoms with E-state index in [1.807, 2.05) is 35.8 Å². The molecule has 6 nitrogen and oxygen atoms in total. The number of benzene rings is 1. The predicted molar refractivity (Wildman–Crippen MR) is 78.6 cm³/mol. The van der Waals surface area contributed by atoms with Gasteiger partial charge in [-0.3, -0.25) is 9.20 Å². The first kappa shape index (κ1) is 13.4. The lowest BCUT2D eigenvalue weighted by Crippen LogP contribution is -2.18. The van der Waals surface area contributed by atoms with Crippen molar-refractivity contribution in [3.8, 4) is 0 Å². The summed E-state index contributed by atoms with van der Waals surface area (Å²) < 4.78 is 8.63. The molecule has 0 N–H and O–H groups in total. The van der Waals surface area contributed by atoms with Crippen molar-refractivity contribution in [1.82, 2.24) is 14.0 Å². The van der Waals surface area contributed by atoms with E-state index < -0.39 is 11.5 Å². The minimum Gasteiger partial charge on any atom is -0.461 e. The molecule has 108 valence electrons. The highest BCUT2D eigenvalue weighted by Crippen LogP contribution is 2.20. The lowest BCUT2D eigenvalue weighted by atomic mass is 10.3. The Morgan fingerprint density at radius 2 is 1.95 bits per heavy atom. The van der Waals surface area contributed by atoms with Crippen LogP contribution in [-0.2, 0) is 11.3 Å². The van der Waals surface area contributed by atoms with Crippen molar-refractivity contribution in [3.05, 3.63) is 46.4 Å². The van der Waals surface area contributed by atoms with Crippen LogP contribution in [0.4, 0.5) is 0 Å². The fourth-order valence-corrected chi connectivity index (χ4v) is 2.54. The monoisotopic (exact) mass is 285 g/mol. The molecular formula is C15H15N3O3. The Labute approximate surface area is 120 Å². The molecule has 0 bridgehead atoms. The zero-order valence-electron chi connectivity index (χ0n) is 11.9. The van der Waals surface area contributed by atoms with Gasteiger partial charge in [-0.05, 0) is 26.0 Å². The van der Waals surface area contributed by atoms with E-state index in [9.17, 15) is 9.59 Å². The molecule has 1 aromatic carbocycles. The summed E-state index contributed by atoms with van der Waals surface area (Å²) in [6.45, 7) is 4.60. The minimum atomic E-state index is -0.522. The van der Waals surface area contributed by atoms with Gasteiger partial charge in [-0.1, -0.05) is 12.1 Å². The average molecular weight is 285 g/mol. The van der Waals surface area contributed by atoms with E-state index in [2.05, 4.69) is 4.98 Å². The van der Waals surface area contributed by atoms with Gasteiger partial charge in [-0.15, -0.1) is 0 Å². The Bertz CT molecular complexity index is 892. The third-order valence-electron chi connectivity index (χ3n) is 3.37. The number of ether oxygens (including phenoxy) is 1. The highest BCUT2D eigenvalue weighted by molar-refractivity contribution is 5.92. The molecule has 0 aliphatic rings. The number of rotatable bonds is 3. The Morgan fingerprint density at radius 3 is 2.62 bits per heavy atom. The summed E-state index contributed by atoms with van der Waals surface area (Å²) in [7, 11) is 0. The maximum absolute atomic E-state index is 12.1. The van der Waals surface area contributed by atoms with E-state index in [4.69, 9.17) is 4.74 Å². The van der Waals surface area contributed by atoms with Crippen LogP contribution >= 0.6 is 0 Å². The van der Waals surface area contributed by atoms with Crippen LogP contribution in [0.25, 0.3) is 16.8 Å². The van der Waals surface area contributed by atoms with Crippen molar-refractivity contribution in [2.45, 2.75) is 20.4 Å². The van der Waals surface area contributed by atoms with Crippen LogP contribution in [0, 0.1) is 0 Å². The van der Waals surface area contributed by atoms with Gasteiger partial charge in [0.05, 0.1) is 17.6 Å². The zero-order chi connectivity index (χ0) is 15.0. The van der Waals surface area contributed by atoms with Crippen LogP contribution in [0.15, 0.2) is 35.1 Å². The molecule has 3 aromatic rings. The van der Waals surface area contributed by atoms with Crippen molar-refractivity contribution < 1.29 is 9.53 Å². The topological polar surface area (TPSA) is 65.6 Å². The third kappa shape index (κ3) is 1.99. The number of aryl methyl sites for hydroxylation is 1. The van der Waals surface area contributed by atoms with Gasteiger partial charge in [-0.25, -0.2) is 4.79 Å². The molecule has 0 radical (unpaired) electrons. The fraction of sp³-hybridized carbons (Fsp3) is 0.267. The van der Waals surface area contributed by atoms with Crippen LogP contribution in [0.1, 0.15) is 24.3 Å². The Morgan fingerprint density at radius 1 is 1.24 bits per heavy atom. The fourth-order valence-electron chi connectivity index (χ4n) is 2.54. The lowest BCUT2D eigenvalue weighted by Gasteiger charge is -2.05. The smallest absolute Gasteiger partial charge is 0.355 e. The van der Waals surface area contributed by atoms with Gasteiger partial charge in [0.25, 0.3) is 5.56 Å². The van der Waals surface area contributed by atoms with E-state index in [0.29, 0.717) is 12.3 Å². The van der Waals surface area contributed by atoms with Gasteiger partial charge < -0.3 is 9.30 Å². The number of aromatic nitrogens is 3. The molecule has 0 saturated heterocycles. The van der Waals surface area contributed by atoms with Crippen LogP contribution < -0.4 is 5.56 Å². The molecule has 0 aliphatic heterocycles. The van der Waals surface area contributed by atoms with E-state index in [0.717, 1.165) is 11.0 Å². The lowest BCUT2D eigenvalue weighted by molar-refractivity contribution is 0.0517. The zero-order valence-corrected chi connectivity index (χ0v) is 11.9. The summed E-state index contributed by atoms with van der Waals surface area (Å²) in [4.78, 5) is 28.0. The van der Waals surface area contributed by atoms with Gasteiger partial charge >= 0.3 is 5.97 Å². The Balaban J connectivity index is 2.49. The van der Waals surface area contributed by atoms with Crippen molar-refractivity contribution in [2.24, 2.45) is 0 Å². The molecule has 0 aliphatic carbocycles. The molecule has 0 unspecified atom stereocenters. The standard InChI is InChI=1S/C15H15N3O3/c1-3-17-10-7-5-6-8-11(10)18-12(14(20)21-4-2)9-13(19)16-15(17)18/h5-9H,3-4H2,1-2H3. The highest BCUT2D eigenvalue weighted by atomic mass is 16.5. The summed E-state index contributed by atoms with van der Waals surface area (Å²) in [5.41, 5.74) is 1.50.